The molecule has 38 valence electrons. The average molecular weight is 260 g/mol. The van der Waals surface area contributed by atoms with E-state index in [-0.39, 0.29) is 39.9 Å². The zero-order valence-electron chi connectivity index (χ0n) is 1.92. The summed E-state index contributed by atoms with van der Waals surface area (Å²) in [6.45, 7) is 0. The second-order valence-corrected chi connectivity index (χ2v) is 0. The van der Waals surface area contributed by atoms with Crippen molar-refractivity contribution in [1.82, 2.24) is 0 Å². The maximum absolute atomic E-state index is 0. The Morgan fingerprint density at radius 1 is 0.400 bits per heavy atom. The fraction of sp³-hybridized carbons (Fsp3) is 0. The molecule has 0 atom stereocenters. The molecule has 0 heterocycles. The zero-order chi connectivity index (χ0) is 0. The van der Waals surface area contributed by atoms with E-state index in [0.717, 1.165) is 0 Å². The fourth-order valence-electron chi connectivity index (χ4n) is 0. The van der Waals surface area contributed by atoms with Gasteiger partial charge in [-0.2, -0.15) is 0 Å². The monoisotopic (exact) mass is 260 g/mol. The molecule has 0 fully saturated rings. The van der Waals surface area contributed by atoms with Crippen LogP contribution in [0.15, 0.2) is 0 Å². The van der Waals surface area contributed by atoms with Gasteiger partial charge in [-0.25, -0.2) is 0 Å². The van der Waals surface area contributed by atoms with Crippen molar-refractivity contribution in [2.45, 2.75) is 0 Å². The minimum Gasteiger partial charge on any atom is -1.00 e. The summed E-state index contributed by atoms with van der Waals surface area (Å²) < 4.78 is 0. The molecule has 0 nitrogen and oxygen atoms in total. The molecule has 0 saturated carbocycles. The average Bonchev–Trinajstić information content (AvgIpc) is 0. The van der Waals surface area contributed by atoms with Gasteiger partial charge in [-0.05, 0) is 0 Å². The van der Waals surface area contributed by atoms with Crippen LogP contribution in [0.2, 0.25) is 0 Å². The van der Waals surface area contributed by atoms with E-state index in [2.05, 4.69) is 0 Å². The van der Waals surface area contributed by atoms with Gasteiger partial charge in [-0.15, -0.1) is 0 Å². The van der Waals surface area contributed by atoms with Crippen LogP contribution in [-0.2, 0) is 21.1 Å². The molecule has 0 radical (unpaired) electrons. The first-order valence-corrected chi connectivity index (χ1v) is 0. The van der Waals surface area contributed by atoms with Gasteiger partial charge in [0.05, 0.1) is 0 Å². The van der Waals surface area contributed by atoms with Crippen molar-refractivity contribution in [1.29, 1.82) is 0 Å². The maximum atomic E-state index is 0. The van der Waals surface area contributed by atoms with Crippen molar-refractivity contribution in [3.8, 4) is 0 Å². The maximum Gasteiger partial charge on any atom is 0 e. The molecule has 5 heavy (non-hydrogen) atoms. The van der Waals surface area contributed by atoms with Crippen molar-refractivity contribution in [2.24, 2.45) is 0 Å². The third kappa shape index (κ3) is 153. The Labute approximate surface area is 40.7 Å². The summed E-state index contributed by atoms with van der Waals surface area (Å²) in [6, 6.07) is 0. The first kappa shape index (κ1) is 630. The summed E-state index contributed by atoms with van der Waals surface area (Å²) in [6.07, 6.45) is 0. The van der Waals surface area contributed by atoms with E-state index in [1.165, 1.54) is 0 Å². The molecule has 0 aromatic heterocycles. The van der Waals surface area contributed by atoms with E-state index >= 15 is 0 Å². The molecule has 5 heteroatoms. The van der Waals surface area contributed by atoms with Crippen LogP contribution in [0.4, 0.5) is 0 Å². The number of rotatable bonds is 0. The van der Waals surface area contributed by atoms with Gasteiger partial charge in [-0.3, -0.25) is 0 Å². The van der Waals surface area contributed by atoms with Gasteiger partial charge >= 0.3 is 0 Å². The van der Waals surface area contributed by atoms with Gasteiger partial charge < -0.3 is 18.8 Å². The van der Waals surface area contributed by atoms with Gasteiger partial charge in [0.1, 0.15) is 0 Å². The van der Waals surface area contributed by atoms with Gasteiger partial charge in [-0.1, -0.05) is 0 Å². The van der Waals surface area contributed by atoms with Crippen LogP contribution in [0.3, 0.4) is 0 Å². The topological polar surface area (TPSA) is 0 Å². The summed E-state index contributed by atoms with van der Waals surface area (Å²) >= 11 is 0. The molecule has 0 spiro atoms. The third-order valence-electron chi connectivity index (χ3n) is 0. The molecular weight excluding hydrogens is 260 g/mol. The second kappa shape index (κ2) is 307. The first-order chi connectivity index (χ1) is 0. The predicted molar refractivity (Wildman–Crippen MR) is 0 cm³/mol. The number of hydrogen-bond donors (Lipinski definition) is 0. The van der Waals surface area contributed by atoms with Crippen LogP contribution >= 0.6 is 0 Å². The van der Waals surface area contributed by atoms with Gasteiger partial charge in [0.2, 0.25) is 0 Å². The van der Waals surface area contributed by atoms with E-state index in [9.17, 15) is 0 Å². The van der Waals surface area contributed by atoms with Crippen LogP contribution < -0.4 is 18.8 Å². The molecule has 0 aliphatic carbocycles. The van der Waals surface area contributed by atoms with E-state index in [0.29, 0.717) is 0 Å². The van der Waals surface area contributed by atoms with Crippen molar-refractivity contribution < 1.29 is 39.9 Å². The Bertz CT molecular complexity index is 3.61. The molecule has 0 rings (SSSR count). The molecule has 0 aliphatic rings. The summed E-state index contributed by atoms with van der Waals surface area (Å²) in [4.78, 5) is 0. The standard InChI is InChI=1S/4FH.W/h4*1H;/p-4. The van der Waals surface area contributed by atoms with Gasteiger partial charge in [0, 0.05) is 21.1 Å². The molecule has 0 N–H and O–H groups in total. The Kier molecular flexibility index (Phi) is 38700. The summed E-state index contributed by atoms with van der Waals surface area (Å²) in [5.74, 6) is 0. The van der Waals surface area contributed by atoms with E-state index in [1.54, 1.807) is 0 Å². The second-order valence-electron chi connectivity index (χ2n) is 0. The Balaban J connectivity index is 0. The predicted octanol–water partition coefficient (Wildman–Crippen LogP) is -12.0. The molecule has 0 amide bonds. The molecule has 0 aliphatic heterocycles. The largest absolute Gasteiger partial charge is 1.00 e. The van der Waals surface area contributed by atoms with Crippen LogP contribution in [-0.4, -0.2) is 0 Å². The Hall–Kier alpha value is 0.408. The smallest absolute Gasteiger partial charge is 0 e. The van der Waals surface area contributed by atoms with E-state index in [4.69, 9.17) is 0 Å². The molecular formula is F4W-4. The van der Waals surface area contributed by atoms with Crippen molar-refractivity contribution in [3.63, 3.8) is 0 Å². The fourth-order valence-corrected chi connectivity index (χ4v) is 0. The normalized spacial score (nSPS) is 0. The van der Waals surface area contributed by atoms with Crippen LogP contribution in [0, 0.1) is 0 Å². The number of hydrogen-bond acceptors (Lipinski definition) is 0. The van der Waals surface area contributed by atoms with Crippen LogP contribution in [0.5, 0.6) is 0 Å². The molecule has 0 saturated heterocycles. The Morgan fingerprint density at radius 3 is 0.400 bits per heavy atom. The number of halogens is 4. The van der Waals surface area contributed by atoms with E-state index in [1.807, 2.05) is 0 Å². The first-order valence-electron chi connectivity index (χ1n) is 0. The summed E-state index contributed by atoms with van der Waals surface area (Å²) in [5, 5.41) is 0. The van der Waals surface area contributed by atoms with Gasteiger partial charge in [0.25, 0.3) is 0 Å². The summed E-state index contributed by atoms with van der Waals surface area (Å²) in [5.41, 5.74) is 0. The third-order valence-corrected chi connectivity index (χ3v) is 0. The quantitative estimate of drug-likeness (QED) is 0.379. The minimum atomic E-state index is 0. The molecule has 0 aromatic carbocycles. The molecule has 0 bridgehead atoms. The van der Waals surface area contributed by atoms with Crippen LogP contribution in [0.1, 0.15) is 0 Å². The minimum absolute atomic E-state index is 0. The summed E-state index contributed by atoms with van der Waals surface area (Å²) in [7, 11) is 0. The Morgan fingerprint density at radius 2 is 0.400 bits per heavy atom. The van der Waals surface area contributed by atoms with Crippen molar-refractivity contribution >= 4 is 0 Å². The zero-order valence-corrected chi connectivity index (χ0v) is 4.85. The van der Waals surface area contributed by atoms with Gasteiger partial charge in [0.15, 0.2) is 0 Å². The SMILES string of the molecule is [F-].[F-].[F-].[F-].[W]. The molecule has 0 aromatic rings. The van der Waals surface area contributed by atoms with E-state index < -0.39 is 0 Å². The molecule has 0 unspecified atom stereocenters. The van der Waals surface area contributed by atoms with Crippen molar-refractivity contribution in [3.05, 3.63) is 0 Å². The van der Waals surface area contributed by atoms with Crippen molar-refractivity contribution in [2.75, 3.05) is 0 Å². The van der Waals surface area contributed by atoms with Crippen LogP contribution in [0.25, 0.3) is 0 Å².